The van der Waals surface area contributed by atoms with Crippen molar-refractivity contribution < 1.29 is 14.7 Å². The van der Waals surface area contributed by atoms with Crippen molar-refractivity contribution in [2.45, 2.75) is 6.42 Å². The van der Waals surface area contributed by atoms with Crippen LogP contribution in [0, 0.1) is 0 Å². The van der Waals surface area contributed by atoms with Gasteiger partial charge in [0.05, 0.1) is 11.1 Å². The van der Waals surface area contributed by atoms with E-state index in [0.717, 1.165) is 5.56 Å². The van der Waals surface area contributed by atoms with Gasteiger partial charge in [-0.3, -0.25) is 4.79 Å². The quantitative estimate of drug-likeness (QED) is 0.831. The normalized spacial score (nSPS) is 10.1. The summed E-state index contributed by atoms with van der Waals surface area (Å²) >= 11 is 5.83. The van der Waals surface area contributed by atoms with Gasteiger partial charge in [0, 0.05) is 12.7 Å². The summed E-state index contributed by atoms with van der Waals surface area (Å²) in [6, 6.07) is 9.84. The highest BCUT2D eigenvalue weighted by atomic mass is 35.5. The van der Waals surface area contributed by atoms with Gasteiger partial charge in [-0.1, -0.05) is 23.7 Å². The molecule has 0 aliphatic carbocycles. The summed E-state index contributed by atoms with van der Waals surface area (Å²) in [6.45, 7) is 0.382. The van der Waals surface area contributed by atoms with Gasteiger partial charge in [0.25, 0.3) is 5.91 Å². The van der Waals surface area contributed by atoms with Crippen molar-refractivity contribution in [2.75, 3.05) is 6.54 Å². The number of nitrogens with one attached hydrogen (secondary N) is 1. The molecule has 0 radical (unpaired) electrons. The fourth-order valence-electron chi connectivity index (χ4n) is 1.83. The van der Waals surface area contributed by atoms with Crippen molar-refractivity contribution in [1.29, 1.82) is 0 Å². The maximum Gasteiger partial charge on any atom is 0.335 e. The second kappa shape index (κ2) is 6.85. The molecule has 1 heterocycles. The van der Waals surface area contributed by atoms with Crippen LogP contribution in [0.25, 0.3) is 0 Å². The highest BCUT2D eigenvalue weighted by Crippen LogP contribution is 2.11. The molecular formula is C15H13ClN2O3. The van der Waals surface area contributed by atoms with Crippen LogP contribution in [0.15, 0.2) is 42.6 Å². The first-order chi connectivity index (χ1) is 10.1. The average molecular weight is 305 g/mol. The van der Waals surface area contributed by atoms with Crippen molar-refractivity contribution in [3.05, 3.63) is 64.4 Å². The monoisotopic (exact) mass is 304 g/mol. The summed E-state index contributed by atoms with van der Waals surface area (Å²) in [7, 11) is 0. The molecule has 0 spiro atoms. The van der Waals surface area contributed by atoms with E-state index in [2.05, 4.69) is 10.3 Å². The number of carbonyl (C=O) groups is 2. The number of aromatic carboxylic acids is 1. The lowest BCUT2D eigenvalue weighted by Crippen LogP contribution is -2.26. The lowest BCUT2D eigenvalue weighted by atomic mass is 10.1. The van der Waals surface area contributed by atoms with E-state index in [1.807, 2.05) is 6.07 Å². The Morgan fingerprint density at radius 2 is 2.05 bits per heavy atom. The Morgan fingerprint density at radius 3 is 2.76 bits per heavy atom. The zero-order valence-corrected chi connectivity index (χ0v) is 11.8. The number of halogens is 1. The predicted molar refractivity (Wildman–Crippen MR) is 78.7 cm³/mol. The minimum absolute atomic E-state index is 0.155. The molecule has 1 amide bonds. The molecule has 0 atom stereocenters. The molecular weight excluding hydrogens is 292 g/mol. The molecule has 0 fully saturated rings. The average Bonchev–Trinajstić information content (AvgIpc) is 2.48. The van der Waals surface area contributed by atoms with Crippen LogP contribution in [0.2, 0.25) is 5.15 Å². The van der Waals surface area contributed by atoms with Crippen LogP contribution >= 0.6 is 11.6 Å². The number of aromatic nitrogens is 1. The number of benzene rings is 1. The number of carboxylic acid groups (broad SMARTS) is 1. The number of carboxylic acids is 1. The first-order valence-electron chi connectivity index (χ1n) is 6.29. The Morgan fingerprint density at radius 1 is 1.24 bits per heavy atom. The summed E-state index contributed by atoms with van der Waals surface area (Å²) < 4.78 is 0. The minimum atomic E-state index is -0.969. The maximum atomic E-state index is 11.9. The Kier molecular flexibility index (Phi) is 4.90. The SMILES string of the molecule is O=C(O)c1cccc(CCNC(=O)c2cccnc2Cl)c1. The van der Waals surface area contributed by atoms with Gasteiger partial charge in [0.2, 0.25) is 0 Å². The third-order valence-electron chi connectivity index (χ3n) is 2.88. The predicted octanol–water partition coefficient (Wildman–Crippen LogP) is 2.41. The molecule has 21 heavy (non-hydrogen) atoms. The van der Waals surface area contributed by atoms with Gasteiger partial charge in [0.15, 0.2) is 0 Å². The molecule has 0 aliphatic heterocycles. The summed E-state index contributed by atoms with van der Waals surface area (Å²) in [5, 5.41) is 11.8. The van der Waals surface area contributed by atoms with E-state index in [4.69, 9.17) is 16.7 Å². The first kappa shape index (κ1) is 15.0. The number of hydrogen-bond donors (Lipinski definition) is 2. The molecule has 1 aromatic carbocycles. The summed E-state index contributed by atoms with van der Waals surface area (Å²) in [5.74, 6) is -1.27. The molecule has 0 saturated heterocycles. The number of amides is 1. The van der Waals surface area contributed by atoms with E-state index < -0.39 is 5.97 Å². The maximum absolute atomic E-state index is 11.9. The van der Waals surface area contributed by atoms with E-state index in [1.54, 1.807) is 24.3 Å². The molecule has 0 bridgehead atoms. The highest BCUT2D eigenvalue weighted by molar-refractivity contribution is 6.32. The fraction of sp³-hybridized carbons (Fsp3) is 0.133. The summed E-state index contributed by atoms with van der Waals surface area (Å²) in [4.78, 5) is 26.6. The Balaban J connectivity index is 1.93. The van der Waals surface area contributed by atoms with E-state index in [1.165, 1.54) is 12.3 Å². The van der Waals surface area contributed by atoms with Gasteiger partial charge in [-0.05, 0) is 36.2 Å². The van der Waals surface area contributed by atoms with Crippen LogP contribution in [0.1, 0.15) is 26.3 Å². The number of rotatable bonds is 5. The smallest absolute Gasteiger partial charge is 0.335 e. The lowest BCUT2D eigenvalue weighted by molar-refractivity contribution is 0.0696. The van der Waals surface area contributed by atoms with Crippen LogP contribution in [0.5, 0.6) is 0 Å². The molecule has 5 nitrogen and oxygen atoms in total. The van der Waals surface area contributed by atoms with E-state index >= 15 is 0 Å². The number of carbonyl (C=O) groups excluding carboxylic acids is 1. The second-order valence-corrected chi connectivity index (χ2v) is 4.71. The number of pyridine rings is 1. The molecule has 2 rings (SSSR count). The standard InChI is InChI=1S/C15H13ClN2O3/c16-13-12(5-2-7-17-13)14(19)18-8-6-10-3-1-4-11(9-10)15(20)21/h1-5,7,9H,6,8H2,(H,18,19)(H,20,21). The zero-order valence-electron chi connectivity index (χ0n) is 11.0. The van der Waals surface area contributed by atoms with E-state index in [0.29, 0.717) is 18.5 Å². The van der Waals surface area contributed by atoms with Crippen LogP contribution in [0.4, 0.5) is 0 Å². The second-order valence-electron chi connectivity index (χ2n) is 4.35. The molecule has 0 aliphatic rings. The molecule has 2 aromatic rings. The van der Waals surface area contributed by atoms with Crippen molar-refractivity contribution >= 4 is 23.5 Å². The molecule has 1 aromatic heterocycles. The zero-order chi connectivity index (χ0) is 15.2. The third kappa shape index (κ3) is 4.03. The highest BCUT2D eigenvalue weighted by Gasteiger charge is 2.10. The van der Waals surface area contributed by atoms with E-state index in [9.17, 15) is 9.59 Å². The molecule has 108 valence electrons. The third-order valence-corrected chi connectivity index (χ3v) is 3.18. The summed E-state index contributed by atoms with van der Waals surface area (Å²) in [5.41, 5.74) is 1.39. The van der Waals surface area contributed by atoms with Crippen molar-refractivity contribution in [3.8, 4) is 0 Å². The minimum Gasteiger partial charge on any atom is -0.478 e. The van der Waals surface area contributed by atoms with E-state index in [-0.39, 0.29) is 16.6 Å². The van der Waals surface area contributed by atoms with Crippen molar-refractivity contribution in [1.82, 2.24) is 10.3 Å². The number of nitrogens with zero attached hydrogens (tertiary/aromatic N) is 1. The van der Waals surface area contributed by atoms with Crippen molar-refractivity contribution in [3.63, 3.8) is 0 Å². The van der Waals surface area contributed by atoms with Gasteiger partial charge in [-0.25, -0.2) is 9.78 Å². The van der Waals surface area contributed by atoms with Crippen LogP contribution in [0.3, 0.4) is 0 Å². The summed E-state index contributed by atoms with van der Waals surface area (Å²) in [6.07, 6.45) is 2.04. The van der Waals surface area contributed by atoms with Crippen molar-refractivity contribution in [2.24, 2.45) is 0 Å². The number of hydrogen-bond acceptors (Lipinski definition) is 3. The lowest BCUT2D eigenvalue weighted by Gasteiger charge is -2.06. The topological polar surface area (TPSA) is 79.3 Å². The molecule has 6 heteroatoms. The molecule has 2 N–H and O–H groups in total. The Bertz CT molecular complexity index is 673. The molecule has 0 saturated carbocycles. The van der Waals surface area contributed by atoms with Gasteiger partial charge in [-0.15, -0.1) is 0 Å². The fourth-order valence-corrected chi connectivity index (χ4v) is 2.04. The first-order valence-corrected chi connectivity index (χ1v) is 6.66. The van der Waals surface area contributed by atoms with Crippen LogP contribution < -0.4 is 5.32 Å². The molecule has 0 unspecified atom stereocenters. The van der Waals surface area contributed by atoms with Gasteiger partial charge in [-0.2, -0.15) is 0 Å². The van der Waals surface area contributed by atoms with Gasteiger partial charge >= 0.3 is 5.97 Å². The van der Waals surface area contributed by atoms with Crippen LogP contribution in [-0.4, -0.2) is 28.5 Å². The largest absolute Gasteiger partial charge is 0.478 e. The Labute approximate surface area is 126 Å². The van der Waals surface area contributed by atoms with Gasteiger partial charge < -0.3 is 10.4 Å². The van der Waals surface area contributed by atoms with Gasteiger partial charge in [0.1, 0.15) is 5.15 Å². The van der Waals surface area contributed by atoms with Crippen LogP contribution in [-0.2, 0) is 6.42 Å². The Hall–Kier alpha value is -2.40.